The summed E-state index contributed by atoms with van der Waals surface area (Å²) in [6, 6.07) is 14.3. The number of benzene rings is 2. The van der Waals surface area contributed by atoms with Gasteiger partial charge in [0.2, 0.25) is 5.91 Å². The highest BCUT2D eigenvalue weighted by Crippen LogP contribution is 2.33. The molecule has 1 amide bonds. The molecule has 1 fully saturated rings. The van der Waals surface area contributed by atoms with Crippen molar-refractivity contribution < 1.29 is 32.2 Å². The van der Waals surface area contributed by atoms with Gasteiger partial charge in [-0.05, 0) is 31.2 Å². The van der Waals surface area contributed by atoms with E-state index in [-0.39, 0.29) is 24.9 Å². The Hall–Kier alpha value is -2.58. The van der Waals surface area contributed by atoms with Crippen LogP contribution in [-0.4, -0.2) is 25.5 Å². The lowest BCUT2D eigenvalue weighted by atomic mass is 9.90. The Balaban J connectivity index is 1.58. The fourth-order valence-corrected chi connectivity index (χ4v) is 2.56. The summed E-state index contributed by atoms with van der Waals surface area (Å²) < 4.78 is 51.7. The summed E-state index contributed by atoms with van der Waals surface area (Å²) in [6.07, 6.45) is -5.30. The molecule has 0 atom stereocenters. The van der Waals surface area contributed by atoms with Gasteiger partial charge in [-0.25, -0.2) is 0 Å². The predicted molar refractivity (Wildman–Crippen MR) is 90.9 cm³/mol. The zero-order valence-corrected chi connectivity index (χ0v) is 14.5. The van der Waals surface area contributed by atoms with Crippen LogP contribution in [0.2, 0.25) is 0 Å². The molecule has 0 unspecified atom stereocenters. The molecule has 8 heteroatoms. The third-order valence-electron chi connectivity index (χ3n) is 4.07. The monoisotopic (exact) mass is 381 g/mol. The van der Waals surface area contributed by atoms with Crippen molar-refractivity contribution in [2.24, 2.45) is 5.41 Å². The van der Waals surface area contributed by atoms with Crippen LogP contribution in [0.5, 0.6) is 5.75 Å². The van der Waals surface area contributed by atoms with E-state index in [1.807, 2.05) is 30.3 Å². The average molecular weight is 381 g/mol. The SMILES string of the molecule is CC1(C(=O)Nc2ccc(OC(F)(F)F)cc2)COC(c2ccccc2)OC1. The Morgan fingerprint density at radius 2 is 1.67 bits per heavy atom. The summed E-state index contributed by atoms with van der Waals surface area (Å²) in [5.74, 6) is -0.708. The molecule has 1 saturated heterocycles. The Labute approximate surface area is 154 Å². The molecule has 2 aromatic carbocycles. The van der Waals surface area contributed by atoms with Gasteiger partial charge in [0.1, 0.15) is 5.75 Å². The van der Waals surface area contributed by atoms with Gasteiger partial charge in [0, 0.05) is 11.3 Å². The van der Waals surface area contributed by atoms with Gasteiger partial charge in [-0.3, -0.25) is 4.79 Å². The summed E-state index contributed by atoms with van der Waals surface area (Å²) in [5.41, 5.74) is 0.285. The molecule has 1 heterocycles. The molecule has 27 heavy (non-hydrogen) atoms. The highest BCUT2D eigenvalue weighted by atomic mass is 19.4. The number of nitrogens with one attached hydrogen (secondary N) is 1. The van der Waals surface area contributed by atoms with E-state index < -0.39 is 18.1 Å². The van der Waals surface area contributed by atoms with E-state index in [1.165, 1.54) is 12.1 Å². The molecule has 0 aliphatic carbocycles. The van der Waals surface area contributed by atoms with Crippen LogP contribution >= 0.6 is 0 Å². The van der Waals surface area contributed by atoms with Crippen LogP contribution in [-0.2, 0) is 14.3 Å². The fraction of sp³-hybridized carbons (Fsp3) is 0.316. The average Bonchev–Trinajstić information content (AvgIpc) is 2.63. The maximum Gasteiger partial charge on any atom is 0.573 e. The van der Waals surface area contributed by atoms with E-state index in [4.69, 9.17) is 9.47 Å². The molecule has 0 saturated carbocycles. The first-order valence-corrected chi connectivity index (χ1v) is 8.21. The van der Waals surface area contributed by atoms with Gasteiger partial charge in [-0.15, -0.1) is 13.2 Å². The number of ether oxygens (including phenoxy) is 3. The highest BCUT2D eigenvalue weighted by molar-refractivity contribution is 5.95. The Morgan fingerprint density at radius 3 is 2.22 bits per heavy atom. The van der Waals surface area contributed by atoms with Crippen LogP contribution in [0, 0.1) is 5.41 Å². The number of alkyl halides is 3. The van der Waals surface area contributed by atoms with Crippen molar-refractivity contribution in [3.63, 3.8) is 0 Å². The minimum atomic E-state index is -4.76. The van der Waals surface area contributed by atoms with Crippen molar-refractivity contribution in [3.8, 4) is 5.75 Å². The van der Waals surface area contributed by atoms with Crippen molar-refractivity contribution in [3.05, 3.63) is 60.2 Å². The van der Waals surface area contributed by atoms with Crippen molar-refractivity contribution in [1.82, 2.24) is 0 Å². The normalized spacial score (nSPS) is 22.9. The third kappa shape index (κ3) is 4.99. The Bertz CT molecular complexity index is 770. The molecule has 0 bridgehead atoms. The van der Waals surface area contributed by atoms with Crippen LogP contribution in [0.1, 0.15) is 18.8 Å². The summed E-state index contributed by atoms with van der Waals surface area (Å²) in [7, 11) is 0. The van der Waals surface area contributed by atoms with Crippen molar-refractivity contribution in [2.45, 2.75) is 19.6 Å². The van der Waals surface area contributed by atoms with Gasteiger partial charge in [0.25, 0.3) is 0 Å². The molecule has 1 aliphatic heterocycles. The molecule has 144 valence electrons. The van der Waals surface area contributed by atoms with Crippen molar-refractivity contribution in [1.29, 1.82) is 0 Å². The number of hydrogen-bond donors (Lipinski definition) is 1. The molecule has 3 rings (SSSR count). The highest BCUT2D eigenvalue weighted by Gasteiger charge is 2.40. The first-order valence-electron chi connectivity index (χ1n) is 8.21. The molecule has 5 nitrogen and oxygen atoms in total. The van der Waals surface area contributed by atoms with E-state index in [9.17, 15) is 18.0 Å². The van der Waals surface area contributed by atoms with Crippen LogP contribution in [0.15, 0.2) is 54.6 Å². The maximum atomic E-state index is 12.6. The van der Waals surface area contributed by atoms with Crippen LogP contribution in [0.4, 0.5) is 18.9 Å². The standard InChI is InChI=1S/C19H18F3NO4/c1-18(11-25-16(26-12-18)13-5-3-2-4-6-13)17(24)23-14-7-9-15(10-8-14)27-19(20,21)22/h2-10,16H,11-12H2,1H3,(H,23,24). The Kier molecular flexibility index (Phi) is 5.38. The van der Waals surface area contributed by atoms with Crippen LogP contribution < -0.4 is 10.1 Å². The topological polar surface area (TPSA) is 56.8 Å². The summed E-state index contributed by atoms with van der Waals surface area (Å²) in [6.45, 7) is 1.99. The molecule has 1 N–H and O–H groups in total. The largest absolute Gasteiger partial charge is 0.573 e. The number of anilines is 1. The second kappa shape index (κ2) is 7.58. The van der Waals surface area contributed by atoms with Crippen LogP contribution in [0.3, 0.4) is 0 Å². The first kappa shape index (κ1) is 19.2. The molecule has 0 spiro atoms. The summed E-state index contributed by atoms with van der Waals surface area (Å²) >= 11 is 0. The van der Waals surface area contributed by atoms with Gasteiger partial charge in [0.05, 0.1) is 18.6 Å². The lowest BCUT2D eigenvalue weighted by molar-refractivity contribution is -0.274. The van der Waals surface area contributed by atoms with Crippen molar-refractivity contribution in [2.75, 3.05) is 18.5 Å². The number of carbonyl (C=O) groups excluding carboxylic acids is 1. The number of carbonyl (C=O) groups is 1. The number of halogens is 3. The minimum Gasteiger partial charge on any atom is -0.406 e. The molecular weight excluding hydrogens is 363 g/mol. The maximum absolute atomic E-state index is 12.6. The quantitative estimate of drug-likeness (QED) is 0.859. The lowest BCUT2D eigenvalue weighted by Gasteiger charge is -2.36. The van der Waals surface area contributed by atoms with Gasteiger partial charge in [-0.1, -0.05) is 30.3 Å². The van der Waals surface area contributed by atoms with E-state index >= 15 is 0 Å². The molecule has 0 aromatic heterocycles. The van der Waals surface area contributed by atoms with Gasteiger partial charge in [-0.2, -0.15) is 0 Å². The second-order valence-corrected chi connectivity index (χ2v) is 6.45. The first-order chi connectivity index (χ1) is 12.8. The lowest BCUT2D eigenvalue weighted by Crippen LogP contribution is -2.45. The summed E-state index contributed by atoms with van der Waals surface area (Å²) in [5, 5.41) is 2.66. The van der Waals surface area contributed by atoms with Gasteiger partial charge < -0.3 is 19.5 Å². The second-order valence-electron chi connectivity index (χ2n) is 6.45. The number of rotatable bonds is 4. The third-order valence-corrected chi connectivity index (χ3v) is 4.07. The van der Waals surface area contributed by atoms with Gasteiger partial charge in [0.15, 0.2) is 6.29 Å². The predicted octanol–water partition coefficient (Wildman–Crippen LogP) is 4.28. The molecular formula is C19H18F3NO4. The number of amides is 1. The van der Waals surface area contributed by atoms with Crippen LogP contribution in [0.25, 0.3) is 0 Å². The molecule has 1 aliphatic rings. The molecule has 0 radical (unpaired) electrons. The van der Waals surface area contributed by atoms with E-state index in [2.05, 4.69) is 10.1 Å². The molecule has 2 aromatic rings. The van der Waals surface area contributed by atoms with E-state index in [0.29, 0.717) is 5.69 Å². The van der Waals surface area contributed by atoms with E-state index in [1.54, 1.807) is 6.92 Å². The van der Waals surface area contributed by atoms with Crippen molar-refractivity contribution >= 4 is 11.6 Å². The Morgan fingerprint density at radius 1 is 1.07 bits per heavy atom. The van der Waals surface area contributed by atoms with E-state index in [0.717, 1.165) is 17.7 Å². The number of hydrogen-bond acceptors (Lipinski definition) is 4. The zero-order chi connectivity index (χ0) is 19.5. The zero-order valence-electron chi connectivity index (χ0n) is 14.5. The van der Waals surface area contributed by atoms with Gasteiger partial charge >= 0.3 is 6.36 Å². The smallest absolute Gasteiger partial charge is 0.406 e. The fourth-order valence-electron chi connectivity index (χ4n) is 2.56. The summed E-state index contributed by atoms with van der Waals surface area (Å²) in [4.78, 5) is 12.6. The minimum absolute atomic E-state index is 0.146.